The number of carbonyl (C=O) groups is 1. The van der Waals surface area contributed by atoms with E-state index in [9.17, 15) is 4.79 Å². The van der Waals surface area contributed by atoms with Crippen LogP contribution in [0.3, 0.4) is 0 Å². The van der Waals surface area contributed by atoms with Crippen molar-refractivity contribution in [2.24, 2.45) is 5.92 Å². The van der Waals surface area contributed by atoms with Crippen molar-refractivity contribution in [3.8, 4) is 0 Å². The van der Waals surface area contributed by atoms with Crippen molar-refractivity contribution < 1.29 is 9.32 Å². The molecule has 0 spiro atoms. The zero-order chi connectivity index (χ0) is 17.4. The van der Waals surface area contributed by atoms with Crippen molar-refractivity contribution in [1.82, 2.24) is 19.9 Å². The van der Waals surface area contributed by atoms with Gasteiger partial charge in [0.1, 0.15) is 11.3 Å². The molecular formula is C19H24N4O2. The fraction of sp³-hybridized carbons (Fsp3) is 0.526. The molecule has 3 fully saturated rings. The number of aryl methyl sites for hydroxylation is 2. The van der Waals surface area contributed by atoms with Crippen LogP contribution in [0.25, 0.3) is 0 Å². The van der Waals surface area contributed by atoms with Crippen LogP contribution in [-0.2, 0) is 6.54 Å². The Morgan fingerprint density at radius 2 is 2.16 bits per heavy atom. The van der Waals surface area contributed by atoms with Gasteiger partial charge in [0.2, 0.25) is 0 Å². The highest BCUT2D eigenvalue weighted by atomic mass is 16.5. The molecule has 132 valence electrons. The van der Waals surface area contributed by atoms with Gasteiger partial charge in [-0.05, 0) is 44.2 Å². The number of hydrogen-bond donors (Lipinski definition) is 0. The standard InChI is InChI=1S/C19H24N4O2/c1-13-18(14(2)25-21-13)19(24)23-11-16-5-6-17(23)12-22(10-16)9-15-4-3-7-20-8-15/h3-4,7-8,16-17H,5-6,9-12H2,1-2H3/t16-,17+/m0/s1. The molecule has 5 rings (SSSR count). The van der Waals surface area contributed by atoms with E-state index in [4.69, 9.17) is 4.52 Å². The molecular weight excluding hydrogens is 316 g/mol. The maximum Gasteiger partial charge on any atom is 0.259 e. The third-order valence-electron chi connectivity index (χ3n) is 5.43. The molecule has 25 heavy (non-hydrogen) atoms. The van der Waals surface area contributed by atoms with E-state index < -0.39 is 0 Å². The Morgan fingerprint density at radius 1 is 1.28 bits per heavy atom. The fourth-order valence-corrected chi connectivity index (χ4v) is 4.24. The van der Waals surface area contributed by atoms with Crippen LogP contribution in [0.2, 0.25) is 0 Å². The molecule has 0 aliphatic carbocycles. The molecule has 2 bridgehead atoms. The molecule has 1 amide bonds. The first-order chi connectivity index (χ1) is 12.1. The van der Waals surface area contributed by atoms with Crippen LogP contribution < -0.4 is 0 Å². The zero-order valence-electron chi connectivity index (χ0n) is 14.8. The molecule has 6 heteroatoms. The summed E-state index contributed by atoms with van der Waals surface area (Å²) in [5.74, 6) is 1.23. The van der Waals surface area contributed by atoms with Crippen LogP contribution in [0.1, 0.15) is 40.2 Å². The van der Waals surface area contributed by atoms with Crippen molar-refractivity contribution in [2.45, 2.75) is 39.3 Å². The first-order valence-electron chi connectivity index (χ1n) is 8.97. The lowest BCUT2D eigenvalue weighted by atomic mass is 9.94. The smallest absolute Gasteiger partial charge is 0.259 e. The number of hydrogen-bond acceptors (Lipinski definition) is 5. The van der Waals surface area contributed by atoms with Crippen LogP contribution in [-0.4, -0.2) is 51.5 Å². The summed E-state index contributed by atoms with van der Waals surface area (Å²) in [6.07, 6.45) is 6.00. The highest BCUT2D eigenvalue weighted by molar-refractivity contribution is 5.96. The monoisotopic (exact) mass is 340 g/mol. The summed E-state index contributed by atoms with van der Waals surface area (Å²) < 4.78 is 5.20. The van der Waals surface area contributed by atoms with Gasteiger partial charge >= 0.3 is 0 Å². The normalized spacial score (nSPS) is 23.7. The lowest BCUT2D eigenvalue weighted by molar-refractivity contribution is 0.0582. The van der Waals surface area contributed by atoms with E-state index in [2.05, 4.69) is 26.0 Å². The maximum atomic E-state index is 13.1. The Bertz CT molecular complexity index is 739. The number of piperidine rings is 1. The van der Waals surface area contributed by atoms with E-state index in [1.165, 1.54) is 12.0 Å². The average Bonchev–Trinajstić information content (AvgIpc) is 2.77. The summed E-state index contributed by atoms with van der Waals surface area (Å²) in [4.78, 5) is 21.9. The van der Waals surface area contributed by atoms with Crippen LogP contribution >= 0.6 is 0 Å². The Kier molecular flexibility index (Phi) is 4.29. The van der Waals surface area contributed by atoms with Gasteiger partial charge < -0.3 is 9.42 Å². The summed E-state index contributed by atoms with van der Waals surface area (Å²) in [7, 11) is 0. The van der Waals surface area contributed by atoms with Gasteiger partial charge in [0, 0.05) is 44.6 Å². The Morgan fingerprint density at radius 3 is 2.88 bits per heavy atom. The molecule has 0 N–H and O–H groups in total. The van der Waals surface area contributed by atoms with Gasteiger partial charge in [-0.15, -0.1) is 0 Å². The Hall–Kier alpha value is -2.21. The SMILES string of the molecule is Cc1noc(C)c1C(=O)N1C[C@H]2CC[C@@H]1CN(Cc1cccnc1)C2. The summed E-state index contributed by atoms with van der Waals surface area (Å²) >= 11 is 0. The molecule has 2 aromatic rings. The molecule has 3 saturated heterocycles. The molecule has 2 atom stereocenters. The molecule has 0 unspecified atom stereocenters. The van der Waals surface area contributed by atoms with Crippen LogP contribution in [0, 0.1) is 19.8 Å². The molecule has 5 heterocycles. The third kappa shape index (κ3) is 3.18. The van der Waals surface area contributed by atoms with Gasteiger partial charge in [-0.1, -0.05) is 11.2 Å². The highest BCUT2D eigenvalue weighted by Crippen LogP contribution is 2.30. The molecule has 3 aliphatic heterocycles. The first-order valence-corrected chi connectivity index (χ1v) is 8.97. The van der Waals surface area contributed by atoms with Crippen molar-refractivity contribution in [2.75, 3.05) is 19.6 Å². The van der Waals surface area contributed by atoms with Crippen LogP contribution in [0.4, 0.5) is 0 Å². The number of carbonyl (C=O) groups excluding carboxylic acids is 1. The number of rotatable bonds is 3. The lowest BCUT2D eigenvalue weighted by Crippen LogP contribution is -2.47. The fourth-order valence-electron chi connectivity index (χ4n) is 4.24. The quantitative estimate of drug-likeness (QED) is 0.859. The van der Waals surface area contributed by atoms with Crippen molar-refractivity contribution in [3.05, 3.63) is 47.1 Å². The average molecular weight is 340 g/mol. The molecule has 0 aromatic carbocycles. The lowest BCUT2D eigenvalue weighted by Gasteiger charge is -2.36. The van der Waals surface area contributed by atoms with E-state index in [1.807, 2.05) is 26.1 Å². The second-order valence-electron chi connectivity index (χ2n) is 7.31. The van der Waals surface area contributed by atoms with Gasteiger partial charge in [0.05, 0.1) is 5.69 Å². The maximum absolute atomic E-state index is 13.1. The van der Waals surface area contributed by atoms with E-state index in [0.717, 1.165) is 32.6 Å². The summed E-state index contributed by atoms with van der Waals surface area (Å²) in [5, 5.41) is 3.95. The Balaban J connectivity index is 1.52. The second kappa shape index (κ2) is 6.59. The zero-order valence-corrected chi connectivity index (χ0v) is 14.8. The highest BCUT2D eigenvalue weighted by Gasteiger charge is 2.38. The van der Waals surface area contributed by atoms with E-state index in [0.29, 0.717) is 22.9 Å². The minimum atomic E-state index is 0.0779. The summed E-state index contributed by atoms with van der Waals surface area (Å²) in [6, 6.07) is 4.36. The largest absolute Gasteiger partial charge is 0.361 e. The predicted octanol–water partition coefficient (Wildman–Crippen LogP) is 2.42. The number of pyridine rings is 1. The minimum absolute atomic E-state index is 0.0779. The predicted molar refractivity (Wildman–Crippen MR) is 93.0 cm³/mol. The van der Waals surface area contributed by atoms with Crippen LogP contribution in [0.15, 0.2) is 29.0 Å². The summed E-state index contributed by atoms with van der Waals surface area (Å²) in [6.45, 7) is 7.34. The van der Waals surface area contributed by atoms with Gasteiger partial charge in [-0.3, -0.25) is 14.7 Å². The Labute approximate surface area is 147 Å². The number of nitrogens with zero attached hydrogens (tertiary/aromatic N) is 4. The molecule has 0 saturated carbocycles. The van der Waals surface area contributed by atoms with Gasteiger partial charge in [0.15, 0.2) is 0 Å². The van der Waals surface area contributed by atoms with Crippen LogP contribution in [0.5, 0.6) is 0 Å². The first kappa shape index (κ1) is 16.3. The molecule has 6 nitrogen and oxygen atoms in total. The third-order valence-corrected chi connectivity index (χ3v) is 5.43. The van der Waals surface area contributed by atoms with E-state index >= 15 is 0 Å². The molecule has 0 radical (unpaired) electrons. The molecule has 3 aliphatic rings. The summed E-state index contributed by atoms with van der Waals surface area (Å²) in [5.41, 5.74) is 2.56. The number of amides is 1. The van der Waals surface area contributed by atoms with E-state index in [-0.39, 0.29) is 11.9 Å². The van der Waals surface area contributed by atoms with Crippen molar-refractivity contribution in [1.29, 1.82) is 0 Å². The molecule has 2 aromatic heterocycles. The topological polar surface area (TPSA) is 62.5 Å². The second-order valence-corrected chi connectivity index (χ2v) is 7.31. The van der Waals surface area contributed by atoms with Gasteiger partial charge in [-0.2, -0.15) is 0 Å². The van der Waals surface area contributed by atoms with Gasteiger partial charge in [0.25, 0.3) is 5.91 Å². The number of aromatic nitrogens is 2. The minimum Gasteiger partial charge on any atom is -0.361 e. The number of fused-ring (bicyclic) bond motifs is 4. The van der Waals surface area contributed by atoms with Crippen molar-refractivity contribution >= 4 is 5.91 Å². The van der Waals surface area contributed by atoms with E-state index in [1.54, 1.807) is 6.20 Å². The van der Waals surface area contributed by atoms with Crippen molar-refractivity contribution in [3.63, 3.8) is 0 Å². The van der Waals surface area contributed by atoms with Gasteiger partial charge in [-0.25, -0.2) is 0 Å².